The normalized spacial score (nSPS) is 11.2. The van der Waals surface area contributed by atoms with Gasteiger partial charge in [0.1, 0.15) is 11.3 Å². The number of hydrogen-bond donors (Lipinski definition) is 1. The second-order valence-corrected chi connectivity index (χ2v) is 6.56. The van der Waals surface area contributed by atoms with Gasteiger partial charge >= 0.3 is 0 Å². The summed E-state index contributed by atoms with van der Waals surface area (Å²) >= 11 is 7.55. The number of aromatic nitrogens is 4. The van der Waals surface area contributed by atoms with Gasteiger partial charge in [0.05, 0.1) is 11.6 Å². The zero-order chi connectivity index (χ0) is 16.4. The Balaban J connectivity index is 1.43. The molecule has 0 spiro atoms. The quantitative estimate of drug-likeness (QED) is 0.426. The van der Waals surface area contributed by atoms with Crippen molar-refractivity contribution in [3.63, 3.8) is 0 Å². The van der Waals surface area contributed by atoms with Gasteiger partial charge in [-0.05, 0) is 18.2 Å². The van der Waals surface area contributed by atoms with Crippen molar-refractivity contribution >= 4 is 45.4 Å². The number of ether oxygens (including phenoxy) is 1. The van der Waals surface area contributed by atoms with E-state index in [1.165, 1.54) is 11.8 Å². The Labute approximate surface area is 147 Å². The number of aromatic amines is 1. The molecule has 0 unspecified atom stereocenters. The Hall–Kier alpha value is -2.31. The Morgan fingerprint density at radius 2 is 1.88 bits per heavy atom. The summed E-state index contributed by atoms with van der Waals surface area (Å²) in [6.07, 6.45) is 0. The first-order valence-corrected chi connectivity index (χ1v) is 8.79. The Morgan fingerprint density at radius 1 is 1.04 bits per heavy atom. The van der Waals surface area contributed by atoms with Gasteiger partial charge in [-0.25, -0.2) is 4.98 Å². The van der Waals surface area contributed by atoms with E-state index in [0.29, 0.717) is 28.3 Å². The van der Waals surface area contributed by atoms with Crippen molar-refractivity contribution in [2.24, 2.45) is 0 Å². The number of halogens is 1. The molecule has 7 heteroatoms. The van der Waals surface area contributed by atoms with E-state index < -0.39 is 0 Å². The fraction of sp³-hybridized carbons (Fsp3) is 0.118. The van der Waals surface area contributed by atoms with E-state index in [0.717, 1.165) is 22.1 Å². The lowest BCUT2D eigenvalue weighted by Crippen LogP contribution is -2.01. The van der Waals surface area contributed by atoms with E-state index in [1.54, 1.807) is 6.07 Å². The number of thioether (sulfide) groups is 1. The van der Waals surface area contributed by atoms with E-state index >= 15 is 0 Å². The fourth-order valence-electron chi connectivity index (χ4n) is 2.41. The molecule has 1 N–H and O–H groups in total. The molecule has 120 valence electrons. The molecular formula is C17H13ClN4OS. The lowest BCUT2D eigenvalue weighted by molar-refractivity contribution is 0.344. The topological polar surface area (TPSA) is 63.7 Å². The highest BCUT2D eigenvalue weighted by Gasteiger charge is 2.09. The third-order valence-corrected chi connectivity index (χ3v) is 4.63. The SMILES string of the molecule is Clc1ccccc1OCCSc1nnc2c(n1)[nH]c1ccccc12. The maximum atomic E-state index is 6.05. The average Bonchev–Trinajstić information content (AvgIpc) is 2.98. The van der Waals surface area contributed by atoms with Crippen molar-refractivity contribution in [3.8, 4) is 5.75 Å². The smallest absolute Gasteiger partial charge is 0.211 e. The summed E-state index contributed by atoms with van der Waals surface area (Å²) in [5, 5.41) is 10.8. The minimum Gasteiger partial charge on any atom is -0.491 e. The number of benzene rings is 2. The molecule has 2 heterocycles. The van der Waals surface area contributed by atoms with E-state index in [-0.39, 0.29) is 0 Å². The molecule has 0 radical (unpaired) electrons. The molecule has 0 atom stereocenters. The van der Waals surface area contributed by atoms with Crippen molar-refractivity contribution in [2.75, 3.05) is 12.4 Å². The second kappa shape index (κ2) is 6.67. The van der Waals surface area contributed by atoms with Crippen LogP contribution in [0.2, 0.25) is 5.02 Å². The first-order valence-electron chi connectivity index (χ1n) is 7.42. The lowest BCUT2D eigenvalue weighted by atomic mass is 10.2. The van der Waals surface area contributed by atoms with Crippen LogP contribution >= 0.6 is 23.4 Å². The average molecular weight is 357 g/mol. The van der Waals surface area contributed by atoms with Crippen LogP contribution in [0.1, 0.15) is 0 Å². The summed E-state index contributed by atoms with van der Waals surface area (Å²) in [7, 11) is 0. The molecule has 2 aromatic carbocycles. The van der Waals surface area contributed by atoms with Crippen LogP contribution in [-0.4, -0.2) is 32.5 Å². The van der Waals surface area contributed by atoms with Gasteiger partial charge < -0.3 is 9.72 Å². The van der Waals surface area contributed by atoms with E-state index in [1.807, 2.05) is 42.5 Å². The minimum absolute atomic E-state index is 0.516. The molecule has 0 saturated carbocycles. The summed E-state index contributed by atoms with van der Waals surface area (Å²) in [5.74, 6) is 1.39. The molecule has 0 aliphatic heterocycles. The summed E-state index contributed by atoms with van der Waals surface area (Å²) < 4.78 is 5.66. The fourth-order valence-corrected chi connectivity index (χ4v) is 3.21. The number of nitrogens with one attached hydrogen (secondary N) is 1. The number of hydrogen-bond acceptors (Lipinski definition) is 5. The van der Waals surface area contributed by atoms with Gasteiger partial charge in [-0.1, -0.05) is 53.7 Å². The first kappa shape index (κ1) is 15.2. The van der Waals surface area contributed by atoms with E-state index in [9.17, 15) is 0 Å². The van der Waals surface area contributed by atoms with Gasteiger partial charge in [0.2, 0.25) is 5.16 Å². The van der Waals surface area contributed by atoms with E-state index in [4.69, 9.17) is 16.3 Å². The molecule has 0 aliphatic carbocycles. The molecule has 5 nitrogen and oxygen atoms in total. The van der Waals surface area contributed by atoms with Crippen molar-refractivity contribution < 1.29 is 4.74 Å². The van der Waals surface area contributed by atoms with Gasteiger partial charge in [-0.2, -0.15) is 0 Å². The van der Waals surface area contributed by atoms with Crippen LogP contribution < -0.4 is 4.74 Å². The third kappa shape index (κ3) is 3.02. The van der Waals surface area contributed by atoms with Gasteiger partial charge in [0.25, 0.3) is 0 Å². The van der Waals surface area contributed by atoms with Crippen LogP contribution in [0.15, 0.2) is 53.7 Å². The molecule has 2 aromatic heterocycles. The summed E-state index contributed by atoms with van der Waals surface area (Å²) in [5.41, 5.74) is 2.56. The van der Waals surface area contributed by atoms with Crippen LogP contribution in [-0.2, 0) is 0 Å². The van der Waals surface area contributed by atoms with Gasteiger partial charge in [0.15, 0.2) is 5.65 Å². The van der Waals surface area contributed by atoms with Crippen LogP contribution in [0, 0.1) is 0 Å². The predicted octanol–water partition coefficient (Wildman–Crippen LogP) is 4.33. The van der Waals surface area contributed by atoms with Gasteiger partial charge in [-0.15, -0.1) is 10.2 Å². The summed E-state index contributed by atoms with van der Waals surface area (Å²) in [6, 6.07) is 15.4. The molecule has 4 rings (SSSR count). The highest BCUT2D eigenvalue weighted by Crippen LogP contribution is 2.25. The van der Waals surface area contributed by atoms with Crippen molar-refractivity contribution in [1.29, 1.82) is 0 Å². The number of fused-ring (bicyclic) bond motifs is 3. The molecule has 0 aliphatic rings. The van der Waals surface area contributed by atoms with Gasteiger partial charge in [-0.3, -0.25) is 0 Å². The molecule has 0 fully saturated rings. The largest absolute Gasteiger partial charge is 0.491 e. The Kier molecular flexibility index (Phi) is 4.23. The minimum atomic E-state index is 0.516. The van der Waals surface area contributed by atoms with Crippen LogP contribution in [0.3, 0.4) is 0 Å². The third-order valence-electron chi connectivity index (χ3n) is 3.51. The maximum absolute atomic E-state index is 6.05. The molecule has 0 saturated heterocycles. The first-order chi connectivity index (χ1) is 11.8. The zero-order valence-electron chi connectivity index (χ0n) is 12.6. The number of para-hydroxylation sites is 2. The molecule has 0 bridgehead atoms. The Bertz CT molecular complexity index is 1000. The zero-order valence-corrected chi connectivity index (χ0v) is 14.1. The highest BCUT2D eigenvalue weighted by molar-refractivity contribution is 7.99. The number of rotatable bonds is 5. The number of H-pyrrole nitrogens is 1. The van der Waals surface area contributed by atoms with Crippen molar-refractivity contribution in [3.05, 3.63) is 53.6 Å². The monoisotopic (exact) mass is 356 g/mol. The molecule has 24 heavy (non-hydrogen) atoms. The highest BCUT2D eigenvalue weighted by atomic mass is 35.5. The molecular weight excluding hydrogens is 344 g/mol. The van der Waals surface area contributed by atoms with Crippen LogP contribution in [0.25, 0.3) is 22.1 Å². The van der Waals surface area contributed by atoms with Crippen LogP contribution in [0.4, 0.5) is 0 Å². The van der Waals surface area contributed by atoms with E-state index in [2.05, 4.69) is 20.2 Å². The number of nitrogens with zero attached hydrogens (tertiary/aromatic N) is 3. The second-order valence-electron chi connectivity index (χ2n) is 5.09. The van der Waals surface area contributed by atoms with Crippen LogP contribution in [0.5, 0.6) is 5.75 Å². The van der Waals surface area contributed by atoms with Crippen molar-refractivity contribution in [1.82, 2.24) is 20.2 Å². The lowest BCUT2D eigenvalue weighted by Gasteiger charge is -2.06. The predicted molar refractivity (Wildman–Crippen MR) is 96.9 cm³/mol. The summed E-state index contributed by atoms with van der Waals surface area (Å²) in [6.45, 7) is 0.516. The maximum Gasteiger partial charge on any atom is 0.211 e. The standard InChI is InChI=1S/C17H13ClN4OS/c18-12-6-2-4-8-14(12)23-9-10-24-17-20-16-15(21-22-17)11-5-1-3-7-13(11)19-16/h1-8H,9-10H2,(H,19,20,22). The van der Waals surface area contributed by atoms with Crippen molar-refractivity contribution in [2.45, 2.75) is 5.16 Å². The van der Waals surface area contributed by atoms with Gasteiger partial charge in [0, 0.05) is 16.7 Å². The summed E-state index contributed by atoms with van der Waals surface area (Å²) in [4.78, 5) is 7.79. The molecule has 0 amide bonds. The Morgan fingerprint density at radius 3 is 2.79 bits per heavy atom. The molecule has 4 aromatic rings.